The fraction of sp³-hybridized carbons (Fsp3) is 0.750. The van der Waals surface area contributed by atoms with Gasteiger partial charge < -0.3 is 9.47 Å². The van der Waals surface area contributed by atoms with E-state index in [1.807, 2.05) is 0 Å². The molecule has 0 bridgehead atoms. The van der Waals surface area contributed by atoms with Crippen LogP contribution in [0.5, 0.6) is 0 Å². The number of carbonyl (C=O) groups is 3. The second-order valence-corrected chi connectivity index (χ2v) is 4.43. The van der Waals surface area contributed by atoms with Gasteiger partial charge in [-0.3, -0.25) is 14.4 Å². The van der Waals surface area contributed by atoms with Crippen LogP contribution in [0.25, 0.3) is 0 Å². The topological polar surface area (TPSA) is 69.7 Å². The average molecular weight is 242 g/mol. The number of ether oxygens (including phenoxy) is 2. The largest absolute Gasteiger partial charge is 0.469 e. The van der Waals surface area contributed by atoms with Crippen molar-refractivity contribution < 1.29 is 23.9 Å². The number of carbonyl (C=O) groups excluding carboxylic acids is 3. The van der Waals surface area contributed by atoms with E-state index in [-0.39, 0.29) is 17.7 Å². The third kappa shape index (κ3) is 2.48. The standard InChI is InChI=1S/C12H18O5/c1-8(13)12(11(15)17-3)6-4-9(5-7-12)10(14)16-2/h9H,4-7H2,1-3H3. The second kappa shape index (κ2) is 5.29. The van der Waals surface area contributed by atoms with Crippen molar-refractivity contribution in [1.82, 2.24) is 0 Å². The Bertz CT molecular complexity index is 326. The Morgan fingerprint density at radius 1 is 1.06 bits per heavy atom. The van der Waals surface area contributed by atoms with Gasteiger partial charge >= 0.3 is 11.9 Å². The van der Waals surface area contributed by atoms with E-state index in [1.165, 1.54) is 21.1 Å². The molecule has 0 aromatic heterocycles. The zero-order chi connectivity index (χ0) is 13.1. The second-order valence-electron chi connectivity index (χ2n) is 4.43. The van der Waals surface area contributed by atoms with Gasteiger partial charge in [0.25, 0.3) is 0 Å². The summed E-state index contributed by atoms with van der Waals surface area (Å²) in [6.07, 6.45) is 1.69. The van der Waals surface area contributed by atoms with Crippen molar-refractivity contribution in [3.05, 3.63) is 0 Å². The number of ketones is 1. The van der Waals surface area contributed by atoms with E-state index in [2.05, 4.69) is 4.74 Å². The van der Waals surface area contributed by atoms with Crippen molar-refractivity contribution in [3.8, 4) is 0 Å². The first-order chi connectivity index (χ1) is 7.97. The first kappa shape index (κ1) is 13.7. The van der Waals surface area contributed by atoms with Gasteiger partial charge in [0.2, 0.25) is 0 Å². The van der Waals surface area contributed by atoms with E-state index in [4.69, 9.17) is 4.74 Å². The Kier molecular flexibility index (Phi) is 4.26. The zero-order valence-electron chi connectivity index (χ0n) is 10.4. The van der Waals surface area contributed by atoms with Gasteiger partial charge in [-0.25, -0.2) is 0 Å². The Morgan fingerprint density at radius 3 is 1.94 bits per heavy atom. The van der Waals surface area contributed by atoms with Crippen LogP contribution in [0.3, 0.4) is 0 Å². The molecule has 0 radical (unpaired) electrons. The van der Waals surface area contributed by atoms with Crippen LogP contribution in [0.2, 0.25) is 0 Å². The number of hydrogen-bond donors (Lipinski definition) is 0. The highest BCUT2D eigenvalue weighted by Gasteiger charge is 2.48. The molecule has 5 nitrogen and oxygen atoms in total. The molecule has 1 rings (SSSR count). The molecule has 1 saturated carbocycles. The van der Waals surface area contributed by atoms with E-state index in [9.17, 15) is 14.4 Å². The molecule has 96 valence electrons. The molecule has 0 heterocycles. The molecule has 0 unspecified atom stereocenters. The third-order valence-corrected chi connectivity index (χ3v) is 3.62. The summed E-state index contributed by atoms with van der Waals surface area (Å²) in [4.78, 5) is 34.7. The summed E-state index contributed by atoms with van der Waals surface area (Å²) >= 11 is 0. The Hall–Kier alpha value is -1.39. The van der Waals surface area contributed by atoms with Gasteiger partial charge in [-0.1, -0.05) is 0 Å². The Morgan fingerprint density at radius 2 is 1.59 bits per heavy atom. The molecule has 1 aliphatic rings. The van der Waals surface area contributed by atoms with Crippen LogP contribution in [0, 0.1) is 11.3 Å². The van der Waals surface area contributed by atoms with Crippen LogP contribution >= 0.6 is 0 Å². The van der Waals surface area contributed by atoms with Crippen molar-refractivity contribution >= 4 is 17.7 Å². The summed E-state index contributed by atoms with van der Waals surface area (Å²) in [7, 11) is 2.62. The van der Waals surface area contributed by atoms with Crippen molar-refractivity contribution in [3.63, 3.8) is 0 Å². The molecule has 5 heteroatoms. The van der Waals surface area contributed by atoms with Crippen molar-refractivity contribution in [2.45, 2.75) is 32.6 Å². The Balaban J connectivity index is 2.78. The third-order valence-electron chi connectivity index (χ3n) is 3.62. The van der Waals surface area contributed by atoms with Gasteiger partial charge in [0.15, 0.2) is 0 Å². The lowest BCUT2D eigenvalue weighted by Gasteiger charge is -2.34. The summed E-state index contributed by atoms with van der Waals surface area (Å²) < 4.78 is 9.37. The summed E-state index contributed by atoms with van der Waals surface area (Å²) in [5.74, 6) is -1.16. The van der Waals surface area contributed by atoms with Crippen LogP contribution in [-0.4, -0.2) is 31.9 Å². The zero-order valence-corrected chi connectivity index (χ0v) is 10.4. The van der Waals surface area contributed by atoms with Gasteiger partial charge in [0.1, 0.15) is 11.2 Å². The summed E-state index contributed by atoms with van der Waals surface area (Å²) in [5, 5.41) is 0. The first-order valence-electron chi connectivity index (χ1n) is 5.65. The van der Waals surface area contributed by atoms with Crippen LogP contribution < -0.4 is 0 Å². The number of hydrogen-bond acceptors (Lipinski definition) is 5. The van der Waals surface area contributed by atoms with E-state index in [1.54, 1.807) is 0 Å². The highest BCUT2D eigenvalue weighted by molar-refractivity contribution is 6.02. The van der Waals surface area contributed by atoms with Gasteiger partial charge in [-0.05, 0) is 32.6 Å². The van der Waals surface area contributed by atoms with E-state index >= 15 is 0 Å². The van der Waals surface area contributed by atoms with Crippen LogP contribution in [-0.2, 0) is 23.9 Å². The molecule has 17 heavy (non-hydrogen) atoms. The van der Waals surface area contributed by atoms with Gasteiger partial charge in [0, 0.05) is 0 Å². The highest BCUT2D eigenvalue weighted by atomic mass is 16.5. The van der Waals surface area contributed by atoms with Crippen molar-refractivity contribution in [2.24, 2.45) is 11.3 Å². The van der Waals surface area contributed by atoms with Crippen LogP contribution in [0.1, 0.15) is 32.6 Å². The minimum absolute atomic E-state index is 0.187. The lowest BCUT2D eigenvalue weighted by atomic mass is 9.68. The maximum absolute atomic E-state index is 11.7. The quantitative estimate of drug-likeness (QED) is 0.547. The SMILES string of the molecule is COC(=O)C1CCC(C(C)=O)(C(=O)OC)CC1. The normalized spacial score (nSPS) is 28.3. The van der Waals surface area contributed by atoms with E-state index in [0.717, 1.165) is 0 Å². The molecule has 0 aromatic carbocycles. The monoisotopic (exact) mass is 242 g/mol. The maximum Gasteiger partial charge on any atom is 0.319 e. The number of methoxy groups -OCH3 is 2. The van der Waals surface area contributed by atoms with E-state index < -0.39 is 11.4 Å². The molecule has 0 N–H and O–H groups in total. The van der Waals surface area contributed by atoms with Crippen molar-refractivity contribution in [2.75, 3.05) is 14.2 Å². The average Bonchev–Trinajstić information content (AvgIpc) is 2.36. The molecular weight excluding hydrogens is 224 g/mol. The first-order valence-corrected chi connectivity index (χ1v) is 5.65. The highest BCUT2D eigenvalue weighted by Crippen LogP contribution is 2.41. The molecule has 1 fully saturated rings. The lowest BCUT2D eigenvalue weighted by molar-refractivity contribution is -0.163. The molecule has 1 aliphatic carbocycles. The number of esters is 2. The minimum atomic E-state index is -1.06. The van der Waals surface area contributed by atoms with Crippen LogP contribution in [0.15, 0.2) is 0 Å². The summed E-state index contributed by atoms with van der Waals surface area (Å²) in [6.45, 7) is 1.40. The van der Waals surface area contributed by atoms with Crippen LogP contribution in [0.4, 0.5) is 0 Å². The molecule has 0 atom stereocenters. The number of Topliss-reactive ketones (excluding diaryl/α,β-unsaturated/α-hetero) is 1. The Labute approximate surface area is 100 Å². The molecule has 0 spiro atoms. The fourth-order valence-electron chi connectivity index (χ4n) is 2.41. The number of rotatable bonds is 3. The fourth-order valence-corrected chi connectivity index (χ4v) is 2.41. The van der Waals surface area contributed by atoms with Crippen molar-refractivity contribution in [1.29, 1.82) is 0 Å². The summed E-state index contributed by atoms with van der Waals surface area (Å²) in [6, 6.07) is 0. The van der Waals surface area contributed by atoms with Gasteiger partial charge in [-0.2, -0.15) is 0 Å². The predicted octanol–water partition coefficient (Wildman–Crippen LogP) is 1.10. The van der Waals surface area contributed by atoms with E-state index in [0.29, 0.717) is 25.7 Å². The predicted molar refractivity (Wildman–Crippen MR) is 59.1 cm³/mol. The summed E-state index contributed by atoms with van der Waals surface area (Å²) in [5.41, 5.74) is -1.06. The molecular formula is C12H18O5. The molecule has 0 amide bonds. The maximum atomic E-state index is 11.7. The van der Waals surface area contributed by atoms with Gasteiger partial charge in [0.05, 0.1) is 20.1 Å². The molecule has 0 aromatic rings. The smallest absolute Gasteiger partial charge is 0.319 e. The molecule has 0 aliphatic heterocycles. The lowest BCUT2D eigenvalue weighted by Crippen LogP contribution is -2.43. The van der Waals surface area contributed by atoms with Gasteiger partial charge in [-0.15, -0.1) is 0 Å². The minimum Gasteiger partial charge on any atom is -0.469 e. The molecule has 0 saturated heterocycles.